The summed E-state index contributed by atoms with van der Waals surface area (Å²) in [6, 6.07) is 0. The van der Waals surface area contributed by atoms with Crippen LogP contribution in [0.4, 0.5) is 0 Å². The topological polar surface area (TPSA) is 74.6 Å². The van der Waals surface area contributed by atoms with E-state index in [4.69, 9.17) is 9.90 Å². The van der Waals surface area contributed by atoms with Gasteiger partial charge in [-0.1, -0.05) is 13.8 Å². The largest absolute Gasteiger partial charge is 0.483 e. The second-order valence-electron chi connectivity index (χ2n) is 9.98. The van der Waals surface area contributed by atoms with E-state index in [9.17, 15) is 9.90 Å². The van der Waals surface area contributed by atoms with Crippen LogP contribution in [-0.2, 0) is 9.59 Å². The van der Waals surface area contributed by atoms with Gasteiger partial charge >= 0.3 is 0 Å². The average molecular weight is 365 g/mol. The molecule has 4 saturated carbocycles. The molecular weight excluding hydrogens is 328 g/mol. The molecule has 0 heterocycles. The predicted molar refractivity (Wildman–Crippen MR) is 101 cm³/mol. The summed E-state index contributed by atoms with van der Waals surface area (Å²) in [6.45, 7) is 6.55. The lowest BCUT2D eigenvalue weighted by Crippen LogP contribution is -2.54. The van der Waals surface area contributed by atoms with Crippen LogP contribution < -0.4 is 0 Å². The molecule has 0 bridgehead atoms. The Labute approximate surface area is 157 Å². The fourth-order valence-electron chi connectivity index (χ4n) is 7.90. The molecule has 0 radical (unpaired) electrons. The Balaban J connectivity index is 0.000000613. The molecule has 8 atom stereocenters. The first-order valence-corrected chi connectivity index (χ1v) is 10.5. The van der Waals surface area contributed by atoms with Crippen molar-refractivity contribution in [2.24, 2.45) is 40.4 Å². The Morgan fingerprint density at radius 2 is 1.58 bits per heavy atom. The number of aliphatic hydroxyl groups excluding tert-OH is 1. The number of hydrogen-bond donors (Lipinski definition) is 2. The van der Waals surface area contributed by atoms with E-state index >= 15 is 0 Å². The molecule has 4 heteroatoms. The van der Waals surface area contributed by atoms with Crippen molar-refractivity contribution in [2.75, 3.05) is 0 Å². The van der Waals surface area contributed by atoms with Gasteiger partial charge in [0.25, 0.3) is 6.47 Å². The zero-order valence-electron chi connectivity index (χ0n) is 16.6. The molecule has 0 saturated heterocycles. The summed E-state index contributed by atoms with van der Waals surface area (Å²) in [7, 11) is 0. The molecule has 0 unspecified atom stereocenters. The smallest absolute Gasteiger partial charge is 0.290 e. The normalized spacial score (nSPS) is 49.7. The number of carbonyl (C=O) groups is 2. The van der Waals surface area contributed by atoms with E-state index in [1.165, 1.54) is 38.5 Å². The van der Waals surface area contributed by atoms with Crippen LogP contribution in [0.1, 0.15) is 78.6 Å². The fraction of sp³-hybridized carbons (Fsp3) is 0.909. The van der Waals surface area contributed by atoms with Crippen LogP contribution in [0.2, 0.25) is 0 Å². The van der Waals surface area contributed by atoms with Gasteiger partial charge in [-0.3, -0.25) is 9.59 Å². The summed E-state index contributed by atoms with van der Waals surface area (Å²) in [5.41, 5.74) is 0.738. The quantitative estimate of drug-likeness (QED) is 0.681. The molecule has 0 aromatic rings. The summed E-state index contributed by atoms with van der Waals surface area (Å²) >= 11 is 0. The van der Waals surface area contributed by atoms with Crippen molar-refractivity contribution in [3.8, 4) is 0 Å². The van der Waals surface area contributed by atoms with Gasteiger partial charge in [-0.25, -0.2) is 0 Å². The van der Waals surface area contributed by atoms with Gasteiger partial charge in [0.2, 0.25) is 0 Å². The third-order valence-corrected chi connectivity index (χ3v) is 9.13. The molecule has 0 aromatic heterocycles. The second-order valence-corrected chi connectivity index (χ2v) is 9.98. The highest BCUT2D eigenvalue weighted by molar-refractivity contribution is 5.79. The summed E-state index contributed by atoms with van der Waals surface area (Å²) < 4.78 is 0. The van der Waals surface area contributed by atoms with Crippen molar-refractivity contribution < 1.29 is 19.8 Å². The third-order valence-electron chi connectivity index (χ3n) is 9.13. The molecule has 0 aromatic carbocycles. The lowest BCUT2D eigenvalue weighted by atomic mass is 9.44. The van der Waals surface area contributed by atoms with Gasteiger partial charge in [-0.05, 0) is 99.2 Å². The third kappa shape index (κ3) is 3.02. The van der Waals surface area contributed by atoms with E-state index in [0.717, 1.165) is 42.9 Å². The molecular formula is C22H36O4. The van der Waals surface area contributed by atoms with Crippen molar-refractivity contribution in [2.45, 2.75) is 84.7 Å². The molecule has 4 aliphatic carbocycles. The maximum absolute atomic E-state index is 12.2. The summed E-state index contributed by atoms with van der Waals surface area (Å²) in [4.78, 5) is 20.5. The highest BCUT2D eigenvalue weighted by Crippen LogP contribution is 2.67. The van der Waals surface area contributed by atoms with E-state index in [2.05, 4.69) is 13.8 Å². The lowest BCUT2D eigenvalue weighted by molar-refractivity contribution is -0.138. The van der Waals surface area contributed by atoms with Crippen molar-refractivity contribution in [1.82, 2.24) is 0 Å². The van der Waals surface area contributed by atoms with E-state index in [1.807, 2.05) is 6.92 Å². The Bertz CT molecular complexity index is 546. The SMILES string of the molecule is CC(=O)[C@H]1CC[C@H]2[C@@H]3CC[C@@H]4C[C@H](O)CC[C@]4(C)[C@H]3CC[C@]12C.O=CO. The Hall–Kier alpha value is -0.900. The van der Waals surface area contributed by atoms with Crippen molar-refractivity contribution in [1.29, 1.82) is 0 Å². The minimum atomic E-state index is -0.250. The number of carbonyl (C=O) groups excluding carboxylic acids is 1. The molecule has 4 fully saturated rings. The summed E-state index contributed by atoms with van der Waals surface area (Å²) in [6.07, 6.45) is 10.9. The average Bonchev–Trinajstić information content (AvgIpc) is 2.93. The van der Waals surface area contributed by atoms with Crippen molar-refractivity contribution in [3.63, 3.8) is 0 Å². The molecule has 4 rings (SSSR count). The van der Waals surface area contributed by atoms with Crippen molar-refractivity contribution in [3.05, 3.63) is 0 Å². The van der Waals surface area contributed by atoms with Gasteiger partial charge in [0, 0.05) is 5.92 Å². The van der Waals surface area contributed by atoms with E-state index < -0.39 is 0 Å². The number of fused-ring (bicyclic) bond motifs is 5. The number of hydrogen-bond acceptors (Lipinski definition) is 3. The predicted octanol–water partition coefficient (Wildman–Crippen LogP) is 4.30. The second kappa shape index (κ2) is 7.26. The number of aliphatic hydroxyl groups is 1. The van der Waals surface area contributed by atoms with Crippen LogP contribution in [0.15, 0.2) is 0 Å². The minimum absolute atomic E-state index is 0.0490. The fourth-order valence-corrected chi connectivity index (χ4v) is 7.90. The van der Waals surface area contributed by atoms with Crippen LogP contribution in [0.25, 0.3) is 0 Å². The van der Waals surface area contributed by atoms with Gasteiger partial charge in [0.15, 0.2) is 0 Å². The highest BCUT2D eigenvalue weighted by Gasteiger charge is 2.60. The Kier molecular flexibility index (Phi) is 5.54. The van der Waals surface area contributed by atoms with E-state index in [0.29, 0.717) is 17.1 Å². The first-order chi connectivity index (χ1) is 12.3. The maximum Gasteiger partial charge on any atom is 0.290 e. The Morgan fingerprint density at radius 1 is 0.962 bits per heavy atom. The van der Waals surface area contributed by atoms with Gasteiger partial charge in [-0.15, -0.1) is 0 Å². The van der Waals surface area contributed by atoms with Crippen LogP contribution in [0.5, 0.6) is 0 Å². The van der Waals surface area contributed by atoms with Crippen LogP contribution >= 0.6 is 0 Å². The minimum Gasteiger partial charge on any atom is -0.483 e. The zero-order valence-corrected chi connectivity index (χ0v) is 16.6. The number of carboxylic acid groups (broad SMARTS) is 1. The first kappa shape index (κ1) is 19.9. The molecule has 4 aliphatic rings. The standard InChI is InChI=1S/C21H34O2.CH2O2/c1-13(22)17-6-7-18-16-5-4-14-12-15(23)8-10-20(14,2)19(16)9-11-21(17,18)3;2-1-3/h14-19,23H,4-12H2,1-3H3;1H,(H,2,3)/t14-,15-,16+,17-,18+,19+,20+,21-;/m1./s1. The summed E-state index contributed by atoms with van der Waals surface area (Å²) in [5, 5.41) is 17.0. The molecule has 0 aliphatic heterocycles. The highest BCUT2D eigenvalue weighted by atomic mass is 16.3. The summed E-state index contributed by atoms with van der Waals surface area (Å²) in [5.74, 6) is 3.97. The van der Waals surface area contributed by atoms with Gasteiger partial charge < -0.3 is 10.2 Å². The zero-order chi connectivity index (χ0) is 19.1. The molecule has 148 valence electrons. The molecule has 2 N–H and O–H groups in total. The Morgan fingerprint density at radius 3 is 2.23 bits per heavy atom. The maximum atomic E-state index is 12.2. The first-order valence-electron chi connectivity index (χ1n) is 10.5. The molecule has 26 heavy (non-hydrogen) atoms. The number of Topliss-reactive ketones (excluding diaryl/α,β-unsaturated/α-hetero) is 1. The van der Waals surface area contributed by atoms with E-state index in [-0.39, 0.29) is 18.0 Å². The monoisotopic (exact) mass is 364 g/mol. The number of rotatable bonds is 1. The number of ketones is 1. The molecule has 0 amide bonds. The van der Waals surface area contributed by atoms with Gasteiger partial charge in [-0.2, -0.15) is 0 Å². The molecule has 4 nitrogen and oxygen atoms in total. The van der Waals surface area contributed by atoms with Crippen molar-refractivity contribution >= 4 is 12.3 Å². The van der Waals surface area contributed by atoms with Crippen LogP contribution in [0.3, 0.4) is 0 Å². The van der Waals surface area contributed by atoms with Crippen LogP contribution in [0, 0.1) is 40.4 Å². The lowest BCUT2D eigenvalue weighted by Gasteiger charge is -2.60. The van der Waals surface area contributed by atoms with E-state index in [1.54, 1.807) is 0 Å². The molecule has 0 spiro atoms. The van der Waals surface area contributed by atoms with Gasteiger partial charge in [0.05, 0.1) is 6.10 Å². The van der Waals surface area contributed by atoms with Crippen LogP contribution in [-0.4, -0.2) is 28.6 Å². The van der Waals surface area contributed by atoms with Gasteiger partial charge in [0.1, 0.15) is 5.78 Å².